The number of rotatable bonds is 9. The van der Waals surface area contributed by atoms with Crippen molar-refractivity contribution in [2.45, 2.75) is 25.0 Å². The molecule has 0 atom stereocenters. The van der Waals surface area contributed by atoms with E-state index in [1.807, 2.05) is 47.9 Å². The van der Waals surface area contributed by atoms with E-state index in [1.165, 1.54) is 23.1 Å². The second-order valence-electron chi connectivity index (χ2n) is 7.41. The minimum atomic E-state index is -0.170. The Balaban J connectivity index is 1.38. The van der Waals surface area contributed by atoms with Crippen molar-refractivity contribution >= 4 is 57.3 Å². The average Bonchev–Trinajstić information content (AvgIpc) is 3.42. The number of nitrogens with zero attached hydrogens (tertiary/aromatic N) is 4. The first kappa shape index (κ1) is 24.5. The molecule has 0 aliphatic heterocycles. The number of thioether (sulfide) groups is 1. The number of thiazole rings is 1. The fraction of sp³-hybridized carbons (Fsp3) is 0.167. The lowest BCUT2D eigenvalue weighted by atomic mass is 10.1. The molecule has 2 heterocycles. The highest BCUT2D eigenvalue weighted by molar-refractivity contribution is 7.99. The zero-order valence-electron chi connectivity index (χ0n) is 18.3. The number of carbonyl (C=O) groups excluding carboxylic acids is 1. The van der Waals surface area contributed by atoms with Gasteiger partial charge in [0, 0.05) is 34.6 Å². The zero-order chi connectivity index (χ0) is 24.1. The minimum Gasteiger partial charge on any atom is -0.301 e. The molecule has 0 bridgehead atoms. The van der Waals surface area contributed by atoms with E-state index in [9.17, 15) is 4.79 Å². The third-order valence-corrected chi connectivity index (χ3v) is 7.51. The van der Waals surface area contributed by atoms with Crippen molar-refractivity contribution < 1.29 is 4.79 Å². The molecule has 0 saturated carbocycles. The van der Waals surface area contributed by atoms with Crippen molar-refractivity contribution in [2.24, 2.45) is 0 Å². The Morgan fingerprint density at radius 3 is 2.79 bits per heavy atom. The molecule has 0 aliphatic carbocycles. The van der Waals surface area contributed by atoms with Crippen molar-refractivity contribution in [3.05, 3.63) is 87.4 Å². The van der Waals surface area contributed by atoms with Gasteiger partial charge in [-0.25, -0.2) is 4.98 Å². The largest absolute Gasteiger partial charge is 0.301 e. The first-order chi connectivity index (χ1) is 16.4. The Bertz CT molecular complexity index is 1330. The molecule has 1 amide bonds. The van der Waals surface area contributed by atoms with E-state index in [0.717, 1.165) is 26.6 Å². The fourth-order valence-electron chi connectivity index (χ4n) is 3.21. The van der Waals surface area contributed by atoms with Gasteiger partial charge in [-0.3, -0.25) is 9.36 Å². The first-order valence-electron chi connectivity index (χ1n) is 10.4. The molecule has 4 aromatic rings. The lowest BCUT2D eigenvalue weighted by Gasteiger charge is -2.08. The molecule has 1 N–H and O–H groups in total. The third kappa shape index (κ3) is 5.88. The predicted molar refractivity (Wildman–Crippen MR) is 141 cm³/mol. The molecule has 6 nitrogen and oxygen atoms in total. The molecule has 0 unspecified atom stereocenters. The molecule has 0 radical (unpaired) electrons. The number of aryl methyl sites for hydroxylation is 1. The van der Waals surface area contributed by atoms with Crippen molar-refractivity contribution in [3.8, 4) is 11.4 Å². The molecule has 174 valence electrons. The molecule has 4 rings (SSSR count). The Hall–Kier alpha value is -2.65. The van der Waals surface area contributed by atoms with Crippen LogP contribution in [-0.4, -0.2) is 31.4 Å². The number of aromatic nitrogens is 4. The Kier molecular flexibility index (Phi) is 8.05. The predicted octanol–water partition coefficient (Wildman–Crippen LogP) is 6.52. The van der Waals surface area contributed by atoms with E-state index in [4.69, 9.17) is 23.2 Å². The highest BCUT2D eigenvalue weighted by Crippen LogP contribution is 2.29. The second-order valence-corrected chi connectivity index (χ2v) is 10.3. The van der Waals surface area contributed by atoms with Crippen LogP contribution in [0.2, 0.25) is 10.0 Å². The summed E-state index contributed by atoms with van der Waals surface area (Å²) in [7, 11) is 0. The van der Waals surface area contributed by atoms with Crippen molar-refractivity contribution in [2.75, 3.05) is 11.1 Å². The van der Waals surface area contributed by atoms with Crippen LogP contribution in [0.1, 0.15) is 16.0 Å². The van der Waals surface area contributed by atoms with Crippen LogP contribution < -0.4 is 5.32 Å². The summed E-state index contributed by atoms with van der Waals surface area (Å²) >= 11 is 15.3. The SMILES string of the molecule is C=CCn1c(SCC(=O)Nc2ncc(Cc3ccc(C)c(Cl)c3)s2)nnc1-c1ccccc1Cl. The van der Waals surface area contributed by atoms with Crippen LogP contribution in [0.3, 0.4) is 0 Å². The molecule has 0 fully saturated rings. The van der Waals surface area contributed by atoms with Crippen LogP contribution in [-0.2, 0) is 17.8 Å². The van der Waals surface area contributed by atoms with Crippen LogP contribution in [0, 0.1) is 6.92 Å². The summed E-state index contributed by atoms with van der Waals surface area (Å²) in [5, 5.41) is 13.9. The lowest BCUT2D eigenvalue weighted by molar-refractivity contribution is -0.113. The Morgan fingerprint density at radius 2 is 2.03 bits per heavy atom. The van der Waals surface area contributed by atoms with Gasteiger partial charge in [-0.15, -0.1) is 28.1 Å². The van der Waals surface area contributed by atoms with E-state index in [2.05, 4.69) is 27.1 Å². The van der Waals surface area contributed by atoms with Gasteiger partial charge in [0.2, 0.25) is 5.91 Å². The molecule has 34 heavy (non-hydrogen) atoms. The van der Waals surface area contributed by atoms with E-state index >= 15 is 0 Å². The van der Waals surface area contributed by atoms with Crippen LogP contribution >= 0.6 is 46.3 Å². The number of anilines is 1. The molecule has 0 saturated heterocycles. The number of hydrogen-bond donors (Lipinski definition) is 1. The highest BCUT2D eigenvalue weighted by Gasteiger charge is 2.17. The molecule has 0 aliphatic rings. The van der Waals surface area contributed by atoms with Gasteiger partial charge in [0.05, 0.1) is 10.8 Å². The smallest absolute Gasteiger partial charge is 0.236 e. The van der Waals surface area contributed by atoms with Gasteiger partial charge in [0.1, 0.15) is 0 Å². The number of halogens is 2. The number of carbonyl (C=O) groups is 1. The molecule has 2 aromatic carbocycles. The minimum absolute atomic E-state index is 0.167. The van der Waals surface area contributed by atoms with Gasteiger partial charge >= 0.3 is 0 Å². The monoisotopic (exact) mass is 529 g/mol. The third-order valence-electron chi connectivity index (χ3n) is 4.89. The maximum absolute atomic E-state index is 12.6. The van der Waals surface area contributed by atoms with Crippen molar-refractivity contribution in [1.29, 1.82) is 0 Å². The zero-order valence-corrected chi connectivity index (χ0v) is 21.4. The number of nitrogens with one attached hydrogen (secondary N) is 1. The van der Waals surface area contributed by atoms with E-state index in [0.29, 0.717) is 34.1 Å². The summed E-state index contributed by atoms with van der Waals surface area (Å²) in [5.41, 5.74) is 2.92. The van der Waals surface area contributed by atoms with Crippen LogP contribution in [0.4, 0.5) is 5.13 Å². The maximum Gasteiger partial charge on any atom is 0.236 e. The average molecular weight is 531 g/mol. The fourth-order valence-corrected chi connectivity index (χ4v) is 5.24. The van der Waals surface area contributed by atoms with Gasteiger partial charge in [0.25, 0.3) is 0 Å². The van der Waals surface area contributed by atoms with E-state index in [1.54, 1.807) is 18.3 Å². The number of amides is 1. The van der Waals surface area contributed by atoms with Crippen LogP contribution in [0.5, 0.6) is 0 Å². The normalized spacial score (nSPS) is 10.9. The molecular weight excluding hydrogens is 509 g/mol. The van der Waals surface area contributed by atoms with Crippen molar-refractivity contribution in [3.63, 3.8) is 0 Å². The number of hydrogen-bond acceptors (Lipinski definition) is 6. The van der Waals surface area contributed by atoms with Gasteiger partial charge in [-0.2, -0.15) is 0 Å². The summed E-state index contributed by atoms with van der Waals surface area (Å²) in [6.45, 7) is 6.28. The van der Waals surface area contributed by atoms with Gasteiger partial charge < -0.3 is 5.32 Å². The Morgan fingerprint density at radius 1 is 1.21 bits per heavy atom. The van der Waals surface area contributed by atoms with E-state index < -0.39 is 0 Å². The van der Waals surface area contributed by atoms with Crippen LogP contribution in [0.15, 0.2) is 66.5 Å². The molecule has 2 aromatic heterocycles. The summed E-state index contributed by atoms with van der Waals surface area (Å²) in [6, 6.07) is 13.5. The van der Waals surface area contributed by atoms with Gasteiger partial charge in [0.15, 0.2) is 16.1 Å². The van der Waals surface area contributed by atoms with Crippen molar-refractivity contribution in [1.82, 2.24) is 19.7 Å². The second kappa shape index (κ2) is 11.2. The van der Waals surface area contributed by atoms with Gasteiger partial charge in [-0.1, -0.05) is 65.3 Å². The molecule has 10 heteroatoms. The highest BCUT2D eigenvalue weighted by atomic mass is 35.5. The first-order valence-corrected chi connectivity index (χ1v) is 12.9. The number of benzene rings is 2. The molecular formula is C24H21Cl2N5OS2. The molecule has 0 spiro atoms. The quantitative estimate of drug-likeness (QED) is 0.197. The summed E-state index contributed by atoms with van der Waals surface area (Å²) in [4.78, 5) is 17.9. The lowest BCUT2D eigenvalue weighted by Crippen LogP contribution is -2.14. The number of allylic oxidation sites excluding steroid dienone is 1. The van der Waals surface area contributed by atoms with Crippen LogP contribution in [0.25, 0.3) is 11.4 Å². The Labute approximate surface area is 216 Å². The summed E-state index contributed by atoms with van der Waals surface area (Å²) < 4.78 is 1.89. The maximum atomic E-state index is 12.6. The van der Waals surface area contributed by atoms with E-state index in [-0.39, 0.29) is 11.7 Å². The summed E-state index contributed by atoms with van der Waals surface area (Å²) in [6.07, 6.45) is 4.24. The standard InChI is InChI=1S/C24H21Cl2N5OS2/c1-3-10-31-22(18-6-4-5-7-19(18)25)29-30-24(31)33-14-21(32)28-23-27-13-17(34-23)11-16-9-8-15(2)20(26)12-16/h3-9,12-13H,1,10-11,14H2,2H3,(H,27,28,32). The summed E-state index contributed by atoms with van der Waals surface area (Å²) in [5.74, 6) is 0.631. The van der Waals surface area contributed by atoms with Gasteiger partial charge in [-0.05, 0) is 36.2 Å². The topological polar surface area (TPSA) is 72.7 Å².